The fourth-order valence-corrected chi connectivity index (χ4v) is 2.36. The molecule has 0 saturated heterocycles. The lowest BCUT2D eigenvalue weighted by atomic mass is 10.1. The van der Waals surface area contributed by atoms with E-state index < -0.39 is 18.0 Å². The lowest BCUT2D eigenvalue weighted by molar-refractivity contribution is -0.153. The van der Waals surface area contributed by atoms with Crippen molar-refractivity contribution in [3.05, 3.63) is 47.1 Å². The summed E-state index contributed by atoms with van der Waals surface area (Å²) in [5.74, 6) is 0.655. The van der Waals surface area contributed by atoms with E-state index in [4.69, 9.17) is 25.8 Å². The number of halogens is 1. The van der Waals surface area contributed by atoms with Gasteiger partial charge in [0.2, 0.25) is 0 Å². The first-order chi connectivity index (χ1) is 12.9. The average molecular weight is 393 g/mol. The van der Waals surface area contributed by atoms with Crippen molar-refractivity contribution < 1.29 is 23.8 Å². The fraction of sp³-hybridized carbons (Fsp3) is 0.316. The lowest BCUT2D eigenvalue weighted by Gasteiger charge is -2.13. The van der Waals surface area contributed by atoms with Gasteiger partial charge in [0.15, 0.2) is 6.10 Å². The van der Waals surface area contributed by atoms with Crippen LogP contribution in [-0.2, 0) is 20.7 Å². The van der Waals surface area contributed by atoms with Crippen molar-refractivity contribution in [3.8, 4) is 11.5 Å². The number of aryl methyl sites for hydroxylation is 1. The number of aromatic nitrogens is 1. The van der Waals surface area contributed by atoms with Crippen molar-refractivity contribution in [2.75, 3.05) is 19.5 Å². The molecular formula is C19H21ClN2O5. The van der Waals surface area contributed by atoms with E-state index in [1.165, 1.54) is 13.1 Å². The summed E-state index contributed by atoms with van der Waals surface area (Å²) in [6.07, 6.45) is 1.01. The molecule has 1 aromatic carbocycles. The molecule has 2 aromatic rings. The van der Waals surface area contributed by atoms with E-state index in [9.17, 15) is 9.59 Å². The molecule has 7 nitrogen and oxygen atoms in total. The number of carbonyl (C=O) groups is 2. The Morgan fingerprint density at radius 3 is 2.37 bits per heavy atom. The Hall–Kier alpha value is -2.80. The molecule has 8 heteroatoms. The third-order valence-electron chi connectivity index (χ3n) is 3.69. The van der Waals surface area contributed by atoms with Crippen LogP contribution in [0.4, 0.5) is 5.82 Å². The largest absolute Gasteiger partial charge is 0.497 e. The number of anilines is 1. The van der Waals surface area contributed by atoms with Crippen molar-refractivity contribution >= 4 is 29.3 Å². The standard InChI is InChI=1S/C19H21ClN2O5/c1-12(19(24)22-17-6-5-14(20)11-21-17)27-18(23)7-4-13-8-15(25-2)10-16(9-13)26-3/h5-6,8-12H,4,7H2,1-3H3,(H,21,22,24)/t12-/m0/s1. The smallest absolute Gasteiger partial charge is 0.306 e. The molecule has 0 aliphatic carbocycles. The first kappa shape index (κ1) is 20.5. The summed E-state index contributed by atoms with van der Waals surface area (Å²) in [6, 6.07) is 8.55. The van der Waals surface area contributed by atoms with E-state index >= 15 is 0 Å². The van der Waals surface area contributed by atoms with Gasteiger partial charge in [-0.15, -0.1) is 0 Å². The Labute approximate surface area is 162 Å². The molecule has 1 N–H and O–H groups in total. The van der Waals surface area contributed by atoms with Gasteiger partial charge in [0.1, 0.15) is 17.3 Å². The second-order valence-corrected chi connectivity index (χ2v) is 6.14. The Morgan fingerprint density at radius 2 is 1.81 bits per heavy atom. The summed E-state index contributed by atoms with van der Waals surface area (Å²) in [6.45, 7) is 1.50. The average Bonchev–Trinajstić information content (AvgIpc) is 2.67. The molecule has 2 rings (SSSR count). The Bertz CT molecular complexity index is 773. The third-order valence-corrected chi connectivity index (χ3v) is 3.91. The zero-order valence-corrected chi connectivity index (χ0v) is 16.1. The minimum Gasteiger partial charge on any atom is -0.497 e. The maximum atomic E-state index is 12.1. The first-order valence-corrected chi connectivity index (χ1v) is 8.63. The fourth-order valence-electron chi connectivity index (χ4n) is 2.24. The second-order valence-electron chi connectivity index (χ2n) is 5.70. The molecule has 1 heterocycles. The second kappa shape index (κ2) is 9.78. The van der Waals surface area contributed by atoms with E-state index in [1.54, 1.807) is 32.4 Å². The zero-order valence-electron chi connectivity index (χ0n) is 15.3. The van der Waals surface area contributed by atoms with Crippen LogP contribution in [0.2, 0.25) is 5.02 Å². The minimum absolute atomic E-state index is 0.118. The Balaban J connectivity index is 1.85. The van der Waals surface area contributed by atoms with E-state index in [0.717, 1.165) is 5.56 Å². The normalized spacial score (nSPS) is 11.4. The molecule has 0 fully saturated rings. The van der Waals surface area contributed by atoms with Crippen molar-refractivity contribution in [1.29, 1.82) is 0 Å². The zero-order chi connectivity index (χ0) is 19.8. The number of benzene rings is 1. The summed E-state index contributed by atoms with van der Waals surface area (Å²) in [4.78, 5) is 28.1. The number of hydrogen-bond donors (Lipinski definition) is 1. The van der Waals surface area contributed by atoms with Gasteiger partial charge < -0.3 is 19.5 Å². The minimum atomic E-state index is -0.949. The maximum Gasteiger partial charge on any atom is 0.306 e. The summed E-state index contributed by atoms with van der Waals surface area (Å²) in [5, 5.41) is 3.02. The van der Waals surface area contributed by atoms with Gasteiger partial charge in [-0.1, -0.05) is 11.6 Å². The molecule has 0 radical (unpaired) electrons. The number of nitrogens with zero attached hydrogens (tertiary/aromatic N) is 1. The SMILES string of the molecule is COc1cc(CCC(=O)O[C@@H](C)C(=O)Nc2ccc(Cl)cn2)cc(OC)c1. The number of rotatable bonds is 8. The number of ether oxygens (including phenoxy) is 3. The molecule has 0 bridgehead atoms. The molecule has 144 valence electrons. The topological polar surface area (TPSA) is 86.8 Å². The van der Waals surface area contributed by atoms with Crippen molar-refractivity contribution in [3.63, 3.8) is 0 Å². The van der Waals surface area contributed by atoms with Gasteiger partial charge in [-0.25, -0.2) is 4.98 Å². The number of amides is 1. The van der Waals surface area contributed by atoms with Crippen LogP contribution >= 0.6 is 11.6 Å². The molecule has 0 saturated carbocycles. The molecule has 0 unspecified atom stereocenters. The number of pyridine rings is 1. The Kier molecular flexibility index (Phi) is 7.43. The number of nitrogens with one attached hydrogen (secondary N) is 1. The summed E-state index contributed by atoms with van der Waals surface area (Å²) in [7, 11) is 3.12. The van der Waals surface area contributed by atoms with Crippen molar-refractivity contribution in [2.45, 2.75) is 25.9 Å². The van der Waals surface area contributed by atoms with Gasteiger partial charge in [0, 0.05) is 18.7 Å². The highest BCUT2D eigenvalue weighted by Crippen LogP contribution is 2.23. The molecule has 0 aliphatic rings. The first-order valence-electron chi connectivity index (χ1n) is 8.25. The summed E-state index contributed by atoms with van der Waals surface area (Å²) >= 11 is 5.74. The van der Waals surface area contributed by atoms with Gasteiger partial charge in [-0.05, 0) is 43.2 Å². The third kappa shape index (κ3) is 6.45. The van der Waals surface area contributed by atoms with Crippen LogP contribution in [-0.4, -0.2) is 37.2 Å². The highest BCUT2D eigenvalue weighted by molar-refractivity contribution is 6.30. The maximum absolute atomic E-state index is 12.1. The monoisotopic (exact) mass is 392 g/mol. The van der Waals surface area contributed by atoms with Crippen LogP contribution in [0.5, 0.6) is 11.5 Å². The quantitative estimate of drug-likeness (QED) is 0.694. The number of esters is 1. The number of hydrogen-bond acceptors (Lipinski definition) is 6. The lowest BCUT2D eigenvalue weighted by Crippen LogP contribution is -2.30. The summed E-state index contributed by atoms with van der Waals surface area (Å²) in [5.41, 5.74) is 0.866. The van der Waals surface area contributed by atoms with Gasteiger partial charge in [-0.3, -0.25) is 9.59 Å². The molecular weight excluding hydrogens is 372 g/mol. The summed E-state index contributed by atoms with van der Waals surface area (Å²) < 4.78 is 15.6. The van der Waals surface area contributed by atoms with Crippen molar-refractivity contribution in [2.24, 2.45) is 0 Å². The van der Waals surface area contributed by atoms with Crippen LogP contribution in [0, 0.1) is 0 Å². The number of methoxy groups -OCH3 is 2. The van der Waals surface area contributed by atoms with Crippen LogP contribution in [0.1, 0.15) is 18.9 Å². The van der Waals surface area contributed by atoms with Crippen LogP contribution < -0.4 is 14.8 Å². The number of carbonyl (C=O) groups excluding carboxylic acids is 2. The highest BCUT2D eigenvalue weighted by Gasteiger charge is 2.18. The van der Waals surface area contributed by atoms with Gasteiger partial charge in [-0.2, -0.15) is 0 Å². The van der Waals surface area contributed by atoms with E-state index in [1.807, 2.05) is 12.1 Å². The molecule has 1 atom stereocenters. The molecule has 0 spiro atoms. The van der Waals surface area contributed by atoms with E-state index in [2.05, 4.69) is 10.3 Å². The van der Waals surface area contributed by atoms with Crippen LogP contribution in [0.15, 0.2) is 36.5 Å². The predicted octanol–water partition coefficient (Wildman–Crippen LogP) is 3.26. The van der Waals surface area contributed by atoms with Gasteiger partial charge >= 0.3 is 5.97 Å². The highest BCUT2D eigenvalue weighted by atomic mass is 35.5. The molecule has 27 heavy (non-hydrogen) atoms. The Morgan fingerprint density at radius 1 is 1.15 bits per heavy atom. The molecule has 1 aromatic heterocycles. The predicted molar refractivity (Wildman–Crippen MR) is 101 cm³/mol. The van der Waals surface area contributed by atoms with Gasteiger partial charge in [0.05, 0.1) is 19.2 Å². The molecule has 1 amide bonds. The van der Waals surface area contributed by atoms with Crippen LogP contribution in [0.3, 0.4) is 0 Å². The van der Waals surface area contributed by atoms with Crippen LogP contribution in [0.25, 0.3) is 0 Å². The van der Waals surface area contributed by atoms with E-state index in [-0.39, 0.29) is 6.42 Å². The van der Waals surface area contributed by atoms with Crippen molar-refractivity contribution in [1.82, 2.24) is 4.98 Å². The molecule has 0 aliphatic heterocycles. The van der Waals surface area contributed by atoms with Gasteiger partial charge in [0.25, 0.3) is 5.91 Å². The van der Waals surface area contributed by atoms with E-state index in [0.29, 0.717) is 28.8 Å².